The zero-order valence-corrected chi connectivity index (χ0v) is 16.9. The molecule has 0 N–H and O–H groups in total. The Labute approximate surface area is 171 Å². The first kappa shape index (κ1) is 20.8. The van der Waals surface area contributed by atoms with Crippen molar-refractivity contribution in [1.82, 2.24) is 9.55 Å². The maximum absolute atomic E-state index is 13.4. The van der Waals surface area contributed by atoms with Gasteiger partial charge in [-0.2, -0.15) is 13.2 Å². The molecule has 0 saturated heterocycles. The number of halogens is 4. The molecule has 0 radical (unpaired) electrons. The Kier molecular flexibility index (Phi) is 6.40. The lowest BCUT2D eigenvalue weighted by atomic mass is 10.00. The third-order valence-corrected chi connectivity index (χ3v) is 6.13. The van der Waals surface area contributed by atoms with Crippen LogP contribution in [0.3, 0.4) is 0 Å². The van der Waals surface area contributed by atoms with Crippen LogP contribution in [0.2, 0.25) is 5.02 Å². The van der Waals surface area contributed by atoms with Gasteiger partial charge in [0.15, 0.2) is 0 Å². The molecule has 0 aliphatic heterocycles. The molecule has 7 heteroatoms. The molecule has 1 unspecified atom stereocenters. The third kappa shape index (κ3) is 5.55. The van der Waals surface area contributed by atoms with Gasteiger partial charge in [-0.1, -0.05) is 35.9 Å². The van der Waals surface area contributed by atoms with E-state index < -0.39 is 16.5 Å². The second kappa shape index (κ2) is 8.62. The van der Waals surface area contributed by atoms with Crippen LogP contribution in [-0.4, -0.2) is 14.3 Å². The van der Waals surface area contributed by atoms with Crippen molar-refractivity contribution in [1.29, 1.82) is 0 Å². The lowest BCUT2D eigenvalue weighted by Crippen LogP contribution is -2.28. The molecule has 3 rings (SSSR count). The Morgan fingerprint density at radius 3 is 2.43 bits per heavy atom. The summed E-state index contributed by atoms with van der Waals surface area (Å²) < 4.78 is 41.8. The SMILES string of the molecule is CC(CCc1ccc(Cl)cc1)(Cn1ccnc1)Sc1ccccc1C(F)(F)F. The Balaban J connectivity index is 1.85. The van der Waals surface area contributed by atoms with Gasteiger partial charge >= 0.3 is 6.18 Å². The van der Waals surface area contributed by atoms with Gasteiger partial charge in [0.1, 0.15) is 0 Å². The van der Waals surface area contributed by atoms with Gasteiger partial charge in [-0.25, -0.2) is 4.98 Å². The van der Waals surface area contributed by atoms with E-state index in [0.29, 0.717) is 18.0 Å². The van der Waals surface area contributed by atoms with Crippen molar-refractivity contribution in [3.8, 4) is 0 Å². The number of aromatic nitrogens is 2. The van der Waals surface area contributed by atoms with Gasteiger partial charge in [-0.3, -0.25) is 0 Å². The lowest BCUT2D eigenvalue weighted by Gasteiger charge is -2.30. The van der Waals surface area contributed by atoms with E-state index >= 15 is 0 Å². The summed E-state index contributed by atoms with van der Waals surface area (Å²) in [7, 11) is 0. The predicted molar refractivity (Wildman–Crippen MR) is 108 cm³/mol. The molecule has 3 aromatic rings. The number of alkyl halides is 3. The zero-order chi connectivity index (χ0) is 20.2. The smallest absolute Gasteiger partial charge is 0.336 e. The third-order valence-electron chi connectivity index (χ3n) is 4.48. The number of thioether (sulfide) groups is 1. The van der Waals surface area contributed by atoms with Crippen LogP contribution < -0.4 is 0 Å². The first-order valence-corrected chi connectivity index (χ1v) is 10.0. The highest BCUT2D eigenvalue weighted by atomic mass is 35.5. The van der Waals surface area contributed by atoms with Crippen LogP contribution in [-0.2, 0) is 19.1 Å². The highest BCUT2D eigenvalue weighted by Crippen LogP contribution is 2.43. The maximum Gasteiger partial charge on any atom is 0.417 e. The second-order valence-corrected chi connectivity index (χ2v) is 8.97. The molecule has 0 fully saturated rings. The number of hydrogen-bond acceptors (Lipinski definition) is 2. The molecule has 0 aliphatic rings. The van der Waals surface area contributed by atoms with Gasteiger partial charge in [-0.05, 0) is 49.6 Å². The molecule has 28 heavy (non-hydrogen) atoms. The minimum absolute atomic E-state index is 0.244. The lowest BCUT2D eigenvalue weighted by molar-refractivity contribution is -0.139. The highest BCUT2D eigenvalue weighted by Gasteiger charge is 2.36. The van der Waals surface area contributed by atoms with Crippen molar-refractivity contribution in [2.75, 3.05) is 0 Å². The Morgan fingerprint density at radius 2 is 1.79 bits per heavy atom. The topological polar surface area (TPSA) is 17.8 Å². The quantitative estimate of drug-likeness (QED) is 0.391. The molecule has 1 aromatic heterocycles. The van der Waals surface area contributed by atoms with Gasteiger partial charge in [0.25, 0.3) is 0 Å². The van der Waals surface area contributed by atoms with Crippen molar-refractivity contribution in [2.24, 2.45) is 0 Å². The van der Waals surface area contributed by atoms with Gasteiger partial charge in [-0.15, -0.1) is 11.8 Å². The minimum Gasteiger partial charge on any atom is -0.336 e. The first-order chi connectivity index (χ1) is 13.3. The minimum atomic E-state index is -4.38. The number of imidazole rings is 1. The van der Waals surface area contributed by atoms with Crippen LogP contribution in [0.5, 0.6) is 0 Å². The summed E-state index contributed by atoms with van der Waals surface area (Å²) in [6, 6.07) is 13.3. The van der Waals surface area contributed by atoms with Crippen LogP contribution in [0.1, 0.15) is 24.5 Å². The number of rotatable bonds is 7. The van der Waals surface area contributed by atoms with E-state index in [4.69, 9.17) is 11.6 Å². The molecule has 0 amide bonds. The summed E-state index contributed by atoms with van der Waals surface area (Å²) in [5, 5.41) is 0.665. The van der Waals surface area contributed by atoms with Gasteiger partial charge in [0.05, 0.1) is 11.9 Å². The van der Waals surface area contributed by atoms with Gasteiger partial charge < -0.3 is 4.57 Å². The number of aryl methyl sites for hydroxylation is 1. The molecular weight excluding hydrogens is 405 g/mol. The van der Waals surface area contributed by atoms with Crippen molar-refractivity contribution in [2.45, 2.75) is 42.1 Å². The molecule has 0 saturated carbocycles. The fraction of sp³-hybridized carbons (Fsp3) is 0.286. The van der Waals surface area contributed by atoms with E-state index in [0.717, 1.165) is 18.1 Å². The van der Waals surface area contributed by atoms with Gasteiger partial charge in [0.2, 0.25) is 0 Å². The van der Waals surface area contributed by atoms with Gasteiger partial charge in [0, 0.05) is 33.6 Å². The standard InChI is InChI=1S/C21H20ClF3N2S/c1-20(14-27-13-12-26-15-27,11-10-16-6-8-17(22)9-7-16)28-19-5-3-2-4-18(19)21(23,24)25/h2-9,12-13,15H,10-11,14H2,1H3. The largest absolute Gasteiger partial charge is 0.417 e. The molecule has 2 aromatic carbocycles. The average Bonchev–Trinajstić information content (AvgIpc) is 3.13. The molecule has 0 spiro atoms. The molecule has 148 valence electrons. The average molecular weight is 425 g/mol. The van der Waals surface area contributed by atoms with Crippen LogP contribution in [0.25, 0.3) is 0 Å². The molecular formula is C21H20ClF3N2S. The molecule has 2 nitrogen and oxygen atoms in total. The van der Waals surface area contributed by atoms with Crippen LogP contribution >= 0.6 is 23.4 Å². The van der Waals surface area contributed by atoms with E-state index in [1.54, 1.807) is 24.7 Å². The fourth-order valence-corrected chi connectivity index (χ4v) is 4.56. The molecule has 0 aliphatic carbocycles. The van der Waals surface area contributed by atoms with Crippen molar-refractivity contribution >= 4 is 23.4 Å². The second-order valence-electron chi connectivity index (χ2n) is 6.91. The fourth-order valence-electron chi connectivity index (χ4n) is 3.04. The number of nitrogens with zero attached hydrogens (tertiary/aromatic N) is 2. The molecule has 1 heterocycles. The summed E-state index contributed by atoms with van der Waals surface area (Å²) in [6.45, 7) is 2.55. The molecule has 0 bridgehead atoms. The number of benzene rings is 2. The van der Waals surface area contributed by atoms with Crippen molar-refractivity contribution in [3.05, 3.63) is 83.4 Å². The zero-order valence-electron chi connectivity index (χ0n) is 15.3. The summed E-state index contributed by atoms with van der Waals surface area (Å²) in [5.41, 5.74) is 0.509. The Bertz CT molecular complexity index is 895. The van der Waals surface area contributed by atoms with E-state index in [2.05, 4.69) is 4.98 Å². The Morgan fingerprint density at radius 1 is 1.07 bits per heavy atom. The number of hydrogen-bond donors (Lipinski definition) is 0. The van der Waals surface area contributed by atoms with E-state index in [9.17, 15) is 13.2 Å². The van der Waals surface area contributed by atoms with Crippen LogP contribution in [0.15, 0.2) is 72.1 Å². The first-order valence-electron chi connectivity index (χ1n) is 8.81. The maximum atomic E-state index is 13.4. The summed E-state index contributed by atoms with van der Waals surface area (Å²) in [5.74, 6) is 0. The summed E-state index contributed by atoms with van der Waals surface area (Å²) >= 11 is 7.21. The summed E-state index contributed by atoms with van der Waals surface area (Å²) in [6.07, 6.45) is 2.25. The van der Waals surface area contributed by atoms with Crippen LogP contribution in [0.4, 0.5) is 13.2 Å². The monoisotopic (exact) mass is 424 g/mol. The van der Waals surface area contributed by atoms with E-state index in [-0.39, 0.29) is 4.90 Å². The molecule has 1 atom stereocenters. The Hall–Kier alpha value is -1.92. The van der Waals surface area contributed by atoms with Crippen molar-refractivity contribution < 1.29 is 13.2 Å². The van der Waals surface area contributed by atoms with E-state index in [1.165, 1.54) is 17.8 Å². The highest BCUT2D eigenvalue weighted by molar-refractivity contribution is 8.00. The predicted octanol–water partition coefficient (Wildman–Crippen LogP) is 6.74. The van der Waals surface area contributed by atoms with E-state index in [1.807, 2.05) is 42.0 Å². The normalized spacial score (nSPS) is 14.0. The van der Waals surface area contributed by atoms with Crippen molar-refractivity contribution in [3.63, 3.8) is 0 Å². The summed E-state index contributed by atoms with van der Waals surface area (Å²) in [4.78, 5) is 4.30. The van der Waals surface area contributed by atoms with Crippen LogP contribution in [0, 0.1) is 0 Å².